The topological polar surface area (TPSA) is 123 Å². The molecule has 10 nitrogen and oxygen atoms in total. The van der Waals surface area contributed by atoms with E-state index in [0.29, 0.717) is 0 Å². The highest BCUT2D eigenvalue weighted by atomic mass is 32.2. The first-order chi connectivity index (χ1) is 15.2. The molecule has 172 valence electrons. The Morgan fingerprint density at radius 1 is 1.25 bits per heavy atom. The third-order valence-electron chi connectivity index (χ3n) is 4.61. The van der Waals surface area contributed by atoms with Gasteiger partial charge in [0.15, 0.2) is 0 Å². The highest BCUT2D eigenvalue weighted by Gasteiger charge is 2.29. The van der Waals surface area contributed by atoms with Crippen molar-refractivity contribution < 1.29 is 31.6 Å². The van der Waals surface area contributed by atoms with E-state index in [1.807, 2.05) is 0 Å². The second kappa shape index (κ2) is 9.97. The molecular formula is C19H20F2N4O6S. The summed E-state index contributed by atoms with van der Waals surface area (Å²) in [7, 11) is -3.93. The summed E-state index contributed by atoms with van der Waals surface area (Å²) in [6.07, 6.45) is 0. The van der Waals surface area contributed by atoms with Gasteiger partial charge in [-0.2, -0.15) is 18.2 Å². The molecule has 3 rings (SSSR count). The van der Waals surface area contributed by atoms with E-state index in [2.05, 4.69) is 15.3 Å². The average Bonchev–Trinajstić information content (AvgIpc) is 2.77. The van der Waals surface area contributed by atoms with E-state index in [-0.39, 0.29) is 53.9 Å². The summed E-state index contributed by atoms with van der Waals surface area (Å²) in [6, 6.07) is 9.37. The number of hydrogen-bond acceptors (Lipinski definition) is 8. The van der Waals surface area contributed by atoms with Crippen LogP contribution in [0.2, 0.25) is 0 Å². The first kappa shape index (κ1) is 23.5. The maximum Gasteiger partial charge on any atom is 0.387 e. The Morgan fingerprint density at radius 2 is 1.94 bits per heavy atom. The lowest BCUT2D eigenvalue weighted by atomic mass is 10.1. The minimum Gasteiger partial charge on any atom is -0.434 e. The summed E-state index contributed by atoms with van der Waals surface area (Å²) in [5, 5.41) is 15.6. The molecule has 2 aromatic rings. The first-order valence-corrected chi connectivity index (χ1v) is 10.8. The number of hydrazone groups is 1. The van der Waals surface area contributed by atoms with Crippen LogP contribution in [0.15, 0.2) is 52.5 Å². The van der Waals surface area contributed by atoms with Crippen molar-refractivity contribution in [2.45, 2.75) is 18.4 Å². The Bertz CT molecular complexity index is 1120. The number of hydrogen-bond donors (Lipinski definition) is 1. The lowest BCUT2D eigenvalue weighted by Crippen LogP contribution is -2.40. The SMILES string of the molecule is CC(=NNc1ccc(S(=O)(=O)N2CCOCC2)cc1[N+](=O)[O-])c1ccccc1OC(F)F. The molecule has 1 saturated heterocycles. The minimum atomic E-state index is -3.93. The number of nitrogens with one attached hydrogen (secondary N) is 1. The zero-order valence-corrected chi connectivity index (χ0v) is 17.7. The number of ether oxygens (including phenoxy) is 2. The molecule has 0 spiro atoms. The lowest BCUT2D eigenvalue weighted by Gasteiger charge is -2.26. The normalized spacial score (nSPS) is 15.6. The van der Waals surface area contributed by atoms with Gasteiger partial charge in [0.25, 0.3) is 5.69 Å². The molecule has 0 bridgehead atoms. The number of nitro benzene ring substituents is 1. The number of nitrogens with zero attached hydrogens (tertiary/aromatic N) is 3. The van der Waals surface area contributed by atoms with Crippen molar-refractivity contribution in [3.05, 3.63) is 58.1 Å². The van der Waals surface area contributed by atoms with E-state index in [1.165, 1.54) is 41.6 Å². The summed E-state index contributed by atoms with van der Waals surface area (Å²) in [6.45, 7) is -0.736. The lowest BCUT2D eigenvalue weighted by molar-refractivity contribution is -0.384. The summed E-state index contributed by atoms with van der Waals surface area (Å²) in [5.41, 5.74) is 2.41. The van der Waals surface area contributed by atoms with Crippen molar-refractivity contribution in [1.29, 1.82) is 0 Å². The number of rotatable bonds is 8. The molecule has 0 unspecified atom stereocenters. The molecule has 0 atom stereocenters. The standard InChI is InChI=1S/C19H20F2N4O6S/c1-13(15-4-2-3-5-18(15)31-19(20)21)22-23-16-7-6-14(12-17(16)25(26)27)32(28,29)24-8-10-30-11-9-24/h2-7,12,19,23H,8-11H2,1H3. The van der Waals surface area contributed by atoms with Gasteiger partial charge in [-0.3, -0.25) is 15.5 Å². The monoisotopic (exact) mass is 470 g/mol. The van der Waals surface area contributed by atoms with E-state index in [4.69, 9.17) is 4.74 Å². The predicted octanol–water partition coefficient (Wildman–Crippen LogP) is 3.05. The van der Waals surface area contributed by atoms with Crippen molar-refractivity contribution in [2.75, 3.05) is 31.7 Å². The Labute approximate surface area is 182 Å². The zero-order chi connectivity index (χ0) is 23.3. The molecule has 1 N–H and O–H groups in total. The van der Waals surface area contributed by atoms with Crippen molar-refractivity contribution >= 4 is 27.1 Å². The van der Waals surface area contributed by atoms with Crippen molar-refractivity contribution in [3.63, 3.8) is 0 Å². The molecule has 32 heavy (non-hydrogen) atoms. The Balaban J connectivity index is 1.88. The minimum absolute atomic E-state index is 0.0671. The molecule has 2 aromatic carbocycles. The van der Waals surface area contributed by atoms with Crippen molar-refractivity contribution in [2.24, 2.45) is 5.10 Å². The van der Waals surface area contributed by atoms with E-state index < -0.39 is 27.2 Å². The largest absolute Gasteiger partial charge is 0.434 e. The third kappa shape index (κ3) is 5.36. The van der Waals surface area contributed by atoms with Gasteiger partial charge in [-0.25, -0.2) is 8.42 Å². The van der Waals surface area contributed by atoms with Crippen molar-refractivity contribution in [1.82, 2.24) is 4.31 Å². The van der Waals surface area contributed by atoms with Crippen molar-refractivity contribution in [3.8, 4) is 5.75 Å². The van der Waals surface area contributed by atoms with Gasteiger partial charge < -0.3 is 9.47 Å². The van der Waals surface area contributed by atoms with Crippen LogP contribution in [0, 0.1) is 10.1 Å². The summed E-state index contributed by atoms with van der Waals surface area (Å²) >= 11 is 0. The molecule has 0 aliphatic carbocycles. The van der Waals surface area contributed by atoms with Crippen LogP contribution < -0.4 is 10.2 Å². The number of sulfonamides is 1. The van der Waals surface area contributed by atoms with Gasteiger partial charge in [0.2, 0.25) is 10.0 Å². The van der Waals surface area contributed by atoms with E-state index in [9.17, 15) is 27.3 Å². The van der Waals surface area contributed by atoms with E-state index in [1.54, 1.807) is 6.07 Å². The maximum atomic E-state index is 12.8. The zero-order valence-electron chi connectivity index (χ0n) is 16.9. The average molecular weight is 470 g/mol. The van der Waals surface area contributed by atoms with Crippen LogP contribution in [0.4, 0.5) is 20.2 Å². The second-order valence-electron chi connectivity index (χ2n) is 6.64. The fourth-order valence-electron chi connectivity index (χ4n) is 3.02. The molecule has 0 amide bonds. The number of halogens is 2. The molecular weight excluding hydrogens is 450 g/mol. The molecule has 0 aromatic heterocycles. The van der Waals surface area contributed by atoms with Gasteiger partial charge in [0, 0.05) is 24.7 Å². The molecule has 1 aliphatic heterocycles. The number of benzene rings is 2. The van der Waals surface area contributed by atoms with Gasteiger partial charge in [-0.05, 0) is 31.2 Å². The number of nitro groups is 1. The third-order valence-corrected chi connectivity index (χ3v) is 6.51. The summed E-state index contributed by atoms with van der Waals surface area (Å²) in [4.78, 5) is 10.6. The quantitative estimate of drug-likeness (QED) is 0.357. The van der Waals surface area contributed by atoms with E-state index >= 15 is 0 Å². The Morgan fingerprint density at radius 3 is 2.59 bits per heavy atom. The van der Waals surface area contributed by atoms with Crippen LogP contribution in [-0.4, -0.2) is 56.3 Å². The predicted molar refractivity (Wildman–Crippen MR) is 112 cm³/mol. The molecule has 0 radical (unpaired) electrons. The van der Waals surface area contributed by atoms with Gasteiger partial charge in [0.05, 0.1) is 28.7 Å². The van der Waals surface area contributed by atoms with E-state index in [0.717, 1.165) is 6.07 Å². The Kier molecular flexibility index (Phi) is 7.33. The number of morpholine rings is 1. The van der Waals surface area contributed by atoms with Gasteiger partial charge >= 0.3 is 6.61 Å². The first-order valence-electron chi connectivity index (χ1n) is 9.41. The van der Waals surface area contributed by atoms with Crippen LogP contribution in [-0.2, 0) is 14.8 Å². The number of alkyl halides is 2. The van der Waals surface area contributed by atoms with Crippen LogP contribution in [0.5, 0.6) is 5.75 Å². The summed E-state index contributed by atoms with van der Waals surface area (Å²) in [5.74, 6) is -0.105. The highest BCUT2D eigenvalue weighted by molar-refractivity contribution is 7.89. The fraction of sp³-hybridized carbons (Fsp3) is 0.316. The van der Waals surface area contributed by atoms with Crippen LogP contribution >= 0.6 is 0 Å². The summed E-state index contributed by atoms with van der Waals surface area (Å²) < 4.78 is 61.6. The smallest absolute Gasteiger partial charge is 0.387 e. The second-order valence-corrected chi connectivity index (χ2v) is 8.57. The molecule has 13 heteroatoms. The maximum absolute atomic E-state index is 12.8. The molecule has 1 aliphatic rings. The van der Waals surface area contributed by atoms with Crippen LogP contribution in [0.25, 0.3) is 0 Å². The van der Waals surface area contributed by atoms with Gasteiger partial charge in [-0.1, -0.05) is 12.1 Å². The van der Waals surface area contributed by atoms with Gasteiger partial charge in [0.1, 0.15) is 11.4 Å². The Hall–Kier alpha value is -3.16. The fourth-order valence-corrected chi connectivity index (χ4v) is 4.45. The van der Waals surface area contributed by atoms with Crippen LogP contribution in [0.1, 0.15) is 12.5 Å². The molecule has 0 saturated carbocycles. The van der Waals surface area contributed by atoms with Crippen LogP contribution in [0.3, 0.4) is 0 Å². The molecule has 1 fully saturated rings. The number of para-hydroxylation sites is 1. The van der Waals surface area contributed by atoms with Gasteiger partial charge in [-0.15, -0.1) is 0 Å². The number of anilines is 1. The highest BCUT2D eigenvalue weighted by Crippen LogP contribution is 2.30. The molecule has 1 heterocycles.